The van der Waals surface area contributed by atoms with Gasteiger partial charge in [0.15, 0.2) is 0 Å². The normalized spacial score (nSPS) is 10.4. The number of urea groups is 1. The number of carbonyl (C=O) groups excluding carboxylic acids is 3. The van der Waals surface area contributed by atoms with Crippen molar-refractivity contribution in [2.45, 2.75) is 19.9 Å². The highest BCUT2D eigenvalue weighted by Crippen LogP contribution is 2.28. The summed E-state index contributed by atoms with van der Waals surface area (Å²) in [6.45, 7) is 3.92. The van der Waals surface area contributed by atoms with E-state index in [1.165, 1.54) is 60.9 Å². The van der Waals surface area contributed by atoms with Gasteiger partial charge in [-0.15, -0.1) is 0 Å². The van der Waals surface area contributed by atoms with Crippen LogP contribution >= 0.6 is 0 Å². The lowest BCUT2D eigenvalue weighted by Gasteiger charge is -2.08. The largest absolute Gasteiger partial charge is 0.383 e. The molecule has 0 saturated heterocycles. The number of anilines is 3. The molecule has 0 aliphatic carbocycles. The second-order valence-electron chi connectivity index (χ2n) is 8.95. The van der Waals surface area contributed by atoms with Crippen LogP contribution in [0.3, 0.4) is 0 Å². The maximum atomic E-state index is 13.7. The van der Waals surface area contributed by atoms with Crippen molar-refractivity contribution in [3.05, 3.63) is 102 Å². The van der Waals surface area contributed by atoms with E-state index in [0.717, 1.165) is 0 Å². The number of carbonyl (C=O) groups is 2. The van der Waals surface area contributed by atoms with E-state index in [2.05, 4.69) is 30.6 Å². The van der Waals surface area contributed by atoms with Gasteiger partial charge < -0.3 is 15.6 Å². The lowest BCUT2D eigenvalue weighted by Crippen LogP contribution is -2.21. The molecule has 212 valence electrons. The SMILES string of the molecule is CC(C)n1cc(C(=O)c2cccc(NC(=O)Nc3ccccc3F)n2)c2c(N)ncnc21.O=C=Nc1ccccc1F. The van der Waals surface area contributed by atoms with Gasteiger partial charge in [-0.3, -0.25) is 10.1 Å². The molecular formula is C29H24F2N8O3. The Bertz CT molecular complexity index is 1820. The number of nitrogens with two attached hydrogens (primary N) is 1. The van der Waals surface area contributed by atoms with Crippen molar-refractivity contribution in [1.82, 2.24) is 19.5 Å². The number of para-hydroxylation sites is 2. The van der Waals surface area contributed by atoms with E-state index in [4.69, 9.17) is 5.73 Å². The predicted octanol–water partition coefficient (Wildman–Crippen LogP) is 5.80. The van der Waals surface area contributed by atoms with Gasteiger partial charge in [0.1, 0.15) is 46.6 Å². The van der Waals surface area contributed by atoms with Gasteiger partial charge in [-0.25, -0.2) is 33.3 Å². The van der Waals surface area contributed by atoms with Gasteiger partial charge in [0.05, 0.1) is 16.6 Å². The highest BCUT2D eigenvalue weighted by atomic mass is 19.1. The Hall–Kier alpha value is -5.81. The minimum absolute atomic E-state index is 0.0224. The Morgan fingerprint density at radius 2 is 1.67 bits per heavy atom. The van der Waals surface area contributed by atoms with E-state index in [1.54, 1.807) is 24.4 Å². The minimum Gasteiger partial charge on any atom is -0.383 e. The molecule has 2 amide bonds. The van der Waals surface area contributed by atoms with Crippen LogP contribution in [0.5, 0.6) is 0 Å². The van der Waals surface area contributed by atoms with Crippen LogP contribution in [-0.2, 0) is 4.79 Å². The van der Waals surface area contributed by atoms with Crippen molar-refractivity contribution in [2.24, 2.45) is 4.99 Å². The molecule has 5 rings (SSSR count). The fourth-order valence-electron chi connectivity index (χ4n) is 3.87. The molecule has 0 unspecified atom stereocenters. The van der Waals surface area contributed by atoms with E-state index in [0.29, 0.717) is 16.6 Å². The maximum absolute atomic E-state index is 13.7. The number of pyridine rings is 1. The third kappa shape index (κ3) is 6.66. The van der Waals surface area contributed by atoms with Crippen molar-refractivity contribution in [3.8, 4) is 0 Å². The number of aromatic nitrogens is 4. The van der Waals surface area contributed by atoms with Gasteiger partial charge in [0.2, 0.25) is 11.9 Å². The molecule has 0 saturated carbocycles. The smallest absolute Gasteiger partial charge is 0.324 e. The zero-order chi connectivity index (χ0) is 30.2. The van der Waals surface area contributed by atoms with Gasteiger partial charge in [-0.1, -0.05) is 30.3 Å². The van der Waals surface area contributed by atoms with Crippen LogP contribution < -0.4 is 16.4 Å². The number of aliphatic imine (C=N–C) groups is 1. The molecule has 42 heavy (non-hydrogen) atoms. The average molecular weight is 571 g/mol. The van der Waals surface area contributed by atoms with Crippen molar-refractivity contribution in [2.75, 3.05) is 16.4 Å². The van der Waals surface area contributed by atoms with E-state index in [-0.39, 0.29) is 34.7 Å². The molecule has 3 heterocycles. The Morgan fingerprint density at radius 3 is 2.36 bits per heavy atom. The first-order valence-corrected chi connectivity index (χ1v) is 12.5. The molecule has 0 aliphatic rings. The number of halogens is 2. The molecule has 11 nitrogen and oxygen atoms in total. The summed E-state index contributed by atoms with van der Waals surface area (Å²) in [7, 11) is 0. The Labute approximate surface area is 238 Å². The molecule has 0 spiro atoms. The minimum atomic E-state index is -0.693. The van der Waals surface area contributed by atoms with Crippen molar-refractivity contribution in [1.29, 1.82) is 0 Å². The summed E-state index contributed by atoms with van der Waals surface area (Å²) in [5, 5.41) is 5.35. The summed E-state index contributed by atoms with van der Waals surface area (Å²) in [5.41, 5.74) is 7.04. The number of hydrogen-bond acceptors (Lipinski definition) is 8. The number of fused-ring (bicyclic) bond motifs is 1. The van der Waals surface area contributed by atoms with Crippen molar-refractivity contribution >= 4 is 51.9 Å². The third-order valence-electron chi connectivity index (χ3n) is 5.80. The first-order valence-electron chi connectivity index (χ1n) is 12.5. The molecule has 0 radical (unpaired) electrons. The number of amides is 2. The Balaban J connectivity index is 0.000000343. The monoisotopic (exact) mass is 570 g/mol. The molecule has 3 aromatic heterocycles. The molecule has 2 aromatic carbocycles. The number of nitrogens with zero attached hydrogens (tertiary/aromatic N) is 5. The second kappa shape index (κ2) is 13.0. The Morgan fingerprint density at radius 1 is 0.952 bits per heavy atom. The number of hydrogen-bond donors (Lipinski definition) is 3. The van der Waals surface area contributed by atoms with E-state index in [9.17, 15) is 23.2 Å². The van der Waals surface area contributed by atoms with Crippen molar-refractivity contribution < 1.29 is 23.2 Å². The fraction of sp³-hybridized carbons (Fsp3) is 0.103. The highest BCUT2D eigenvalue weighted by molar-refractivity contribution is 6.17. The average Bonchev–Trinajstić information content (AvgIpc) is 3.37. The maximum Gasteiger partial charge on any atom is 0.324 e. The summed E-state index contributed by atoms with van der Waals surface area (Å²) in [6, 6.07) is 15.5. The molecule has 0 fully saturated rings. The van der Waals surface area contributed by atoms with E-state index in [1.807, 2.05) is 18.4 Å². The van der Waals surface area contributed by atoms with Crippen LogP contribution in [0, 0.1) is 11.6 Å². The van der Waals surface area contributed by atoms with Crippen LogP contribution in [0.4, 0.5) is 36.6 Å². The first-order chi connectivity index (χ1) is 20.2. The van der Waals surface area contributed by atoms with Gasteiger partial charge in [-0.2, -0.15) is 4.99 Å². The van der Waals surface area contributed by atoms with Gasteiger partial charge in [0.25, 0.3) is 0 Å². The quantitative estimate of drug-likeness (QED) is 0.132. The van der Waals surface area contributed by atoms with Crippen LogP contribution in [0.15, 0.2) is 84.2 Å². The number of nitrogen functional groups attached to an aromatic ring is 1. The lowest BCUT2D eigenvalue weighted by molar-refractivity contribution is 0.103. The van der Waals surface area contributed by atoms with Crippen molar-refractivity contribution in [3.63, 3.8) is 0 Å². The van der Waals surface area contributed by atoms with Gasteiger partial charge >= 0.3 is 6.03 Å². The number of rotatable bonds is 6. The van der Waals surface area contributed by atoms with Gasteiger partial charge in [-0.05, 0) is 50.2 Å². The van der Waals surface area contributed by atoms with E-state index < -0.39 is 23.4 Å². The second-order valence-corrected chi connectivity index (χ2v) is 8.95. The van der Waals surface area contributed by atoms with Crippen LogP contribution in [0.1, 0.15) is 35.9 Å². The summed E-state index contributed by atoms with van der Waals surface area (Å²) in [5.74, 6) is -1.15. The zero-order valence-corrected chi connectivity index (χ0v) is 22.4. The molecular weight excluding hydrogens is 546 g/mol. The molecule has 0 aliphatic heterocycles. The highest BCUT2D eigenvalue weighted by Gasteiger charge is 2.22. The molecule has 4 N–H and O–H groups in total. The Kier molecular flexibility index (Phi) is 9.05. The predicted molar refractivity (Wildman–Crippen MR) is 153 cm³/mol. The summed E-state index contributed by atoms with van der Waals surface area (Å²) >= 11 is 0. The molecule has 5 aromatic rings. The molecule has 13 heteroatoms. The van der Waals surface area contributed by atoms with Crippen LogP contribution in [0.2, 0.25) is 0 Å². The molecule has 0 atom stereocenters. The fourth-order valence-corrected chi connectivity index (χ4v) is 3.87. The summed E-state index contributed by atoms with van der Waals surface area (Å²) < 4.78 is 28.1. The summed E-state index contributed by atoms with van der Waals surface area (Å²) in [4.78, 5) is 50.8. The van der Waals surface area contributed by atoms with Crippen LogP contribution in [0.25, 0.3) is 11.0 Å². The number of benzene rings is 2. The van der Waals surface area contributed by atoms with E-state index >= 15 is 0 Å². The van der Waals surface area contributed by atoms with Crippen LogP contribution in [-0.4, -0.2) is 37.4 Å². The first kappa shape index (κ1) is 29.2. The lowest BCUT2D eigenvalue weighted by atomic mass is 10.1. The number of ketones is 1. The third-order valence-corrected chi connectivity index (χ3v) is 5.80. The standard InChI is InChI=1S/C22H20FN7O2.C7H4FNO/c1-12(2)30-10-13(18-20(24)25-11-26-21(18)30)19(31)16-8-5-9-17(27-16)29-22(32)28-15-7-4-3-6-14(15)23;8-6-3-1-2-4-7(6)9-5-10/h3-12H,1-2H3,(H2,24,25,26)(H2,27,28,29,32);1-4H. The van der Waals surface area contributed by atoms with Gasteiger partial charge in [0, 0.05) is 12.2 Å². The number of nitrogens with one attached hydrogen (secondary N) is 2. The number of isocyanates is 1. The summed E-state index contributed by atoms with van der Waals surface area (Å²) in [6.07, 6.45) is 4.28. The molecule has 0 bridgehead atoms. The topological polar surface area (TPSA) is 157 Å². The zero-order valence-electron chi connectivity index (χ0n) is 22.4.